The maximum atomic E-state index is 12.2. The van der Waals surface area contributed by atoms with Crippen LogP contribution in [0.3, 0.4) is 0 Å². The smallest absolute Gasteiger partial charge is 0.180 e. The normalized spacial score (nSPS) is 10.6. The highest BCUT2D eigenvalue weighted by Crippen LogP contribution is 2.20. The van der Waals surface area contributed by atoms with Crippen LogP contribution in [-0.2, 0) is 12.8 Å². The number of halogens is 1. The molecule has 0 amide bonds. The average Bonchev–Trinajstić information content (AvgIpc) is 2.81. The van der Waals surface area contributed by atoms with Crippen LogP contribution < -0.4 is 0 Å². The van der Waals surface area contributed by atoms with Gasteiger partial charge in [-0.15, -0.1) is 5.10 Å². The third-order valence-corrected chi connectivity index (χ3v) is 4.19. The summed E-state index contributed by atoms with van der Waals surface area (Å²) in [5, 5.41) is 4.03. The molecule has 0 saturated heterocycles. The van der Waals surface area contributed by atoms with Crippen molar-refractivity contribution in [3.05, 3.63) is 44.9 Å². The summed E-state index contributed by atoms with van der Waals surface area (Å²) in [6, 6.07) is 7.77. The highest BCUT2D eigenvalue weighted by molar-refractivity contribution is 9.10. The van der Waals surface area contributed by atoms with Crippen molar-refractivity contribution in [1.29, 1.82) is 0 Å². The summed E-state index contributed by atoms with van der Waals surface area (Å²) in [6.45, 7) is 2.07. The number of hydrogen-bond acceptors (Lipinski definition) is 4. The van der Waals surface area contributed by atoms with Crippen molar-refractivity contribution in [2.75, 3.05) is 0 Å². The number of hydrogen-bond donors (Lipinski definition) is 0. The molecule has 0 aliphatic heterocycles. The van der Waals surface area contributed by atoms with Gasteiger partial charge in [0.2, 0.25) is 0 Å². The lowest BCUT2D eigenvalue weighted by Gasteiger charge is -2.03. The van der Waals surface area contributed by atoms with Crippen LogP contribution in [0, 0.1) is 0 Å². The standard InChI is InChI=1S/C13H13BrN2OS/c1-2-5-11-13(18-16-15-11)12(17)8-9-6-3-4-7-10(9)14/h3-4,6-7H,2,5,8H2,1H3. The van der Waals surface area contributed by atoms with Gasteiger partial charge in [-0.3, -0.25) is 4.79 Å². The zero-order chi connectivity index (χ0) is 13.0. The van der Waals surface area contributed by atoms with E-state index in [1.807, 2.05) is 24.3 Å². The van der Waals surface area contributed by atoms with Crippen molar-refractivity contribution in [2.45, 2.75) is 26.2 Å². The minimum Gasteiger partial charge on any atom is -0.293 e. The lowest BCUT2D eigenvalue weighted by molar-refractivity contribution is 0.0995. The third-order valence-electron chi connectivity index (χ3n) is 2.60. The average molecular weight is 325 g/mol. The van der Waals surface area contributed by atoms with E-state index in [2.05, 4.69) is 32.4 Å². The maximum absolute atomic E-state index is 12.2. The van der Waals surface area contributed by atoms with Crippen LogP contribution in [0.1, 0.15) is 34.3 Å². The number of benzene rings is 1. The zero-order valence-corrected chi connectivity index (χ0v) is 12.4. The Bertz CT molecular complexity index is 553. The van der Waals surface area contributed by atoms with E-state index >= 15 is 0 Å². The van der Waals surface area contributed by atoms with Gasteiger partial charge in [-0.2, -0.15) is 0 Å². The molecule has 94 valence electrons. The molecule has 0 spiro atoms. The van der Waals surface area contributed by atoms with Crippen molar-refractivity contribution < 1.29 is 4.79 Å². The molecule has 0 bridgehead atoms. The van der Waals surface area contributed by atoms with Gasteiger partial charge >= 0.3 is 0 Å². The molecular weight excluding hydrogens is 312 g/mol. The number of carbonyl (C=O) groups excluding carboxylic acids is 1. The molecule has 1 heterocycles. The Labute approximate surface area is 119 Å². The van der Waals surface area contributed by atoms with Crippen LogP contribution in [0.2, 0.25) is 0 Å². The van der Waals surface area contributed by atoms with Gasteiger partial charge in [0.15, 0.2) is 5.78 Å². The second kappa shape index (κ2) is 6.20. The first-order valence-electron chi connectivity index (χ1n) is 5.80. The highest BCUT2D eigenvalue weighted by atomic mass is 79.9. The monoisotopic (exact) mass is 324 g/mol. The summed E-state index contributed by atoms with van der Waals surface area (Å²) >= 11 is 4.65. The minimum absolute atomic E-state index is 0.0975. The van der Waals surface area contributed by atoms with E-state index in [0.717, 1.165) is 28.6 Å². The largest absolute Gasteiger partial charge is 0.293 e. The molecular formula is C13H13BrN2OS. The van der Waals surface area contributed by atoms with Crippen LogP contribution in [0.4, 0.5) is 0 Å². The van der Waals surface area contributed by atoms with Crippen LogP contribution in [0.25, 0.3) is 0 Å². The van der Waals surface area contributed by atoms with Gasteiger partial charge in [0.25, 0.3) is 0 Å². The number of rotatable bonds is 5. The Hall–Kier alpha value is -1.07. The number of aryl methyl sites for hydroxylation is 1. The fraction of sp³-hybridized carbons (Fsp3) is 0.308. The van der Waals surface area contributed by atoms with E-state index in [0.29, 0.717) is 11.3 Å². The number of nitrogens with zero attached hydrogens (tertiary/aromatic N) is 2. The highest BCUT2D eigenvalue weighted by Gasteiger charge is 2.16. The predicted octanol–water partition coefficient (Wildman–Crippen LogP) is 3.68. The van der Waals surface area contributed by atoms with Gasteiger partial charge in [-0.1, -0.05) is 52.0 Å². The molecule has 1 aromatic carbocycles. The van der Waals surface area contributed by atoms with Crippen LogP contribution in [-0.4, -0.2) is 15.4 Å². The SMILES string of the molecule is CCCc1nnsc1C(=O)Cc1ccccc1Br. The summed E-state index contributed by atoms with van der Waals surface area (Å²) in [6.07, 6.45) is 2.18. The van der Waals surface area contributed by atoms with Gasteiger partial charge in [0, 0.05) is 10.9 Å². The van der Waals surface area contributed by atoms with E-state index in [1.165, 1.54) is 11.5 Å². The van der Waals surface area contributed by atoms with E-state index in [4.69, 9.17) is 0 Å². The Kier molecular flexibility index (Phi) is 4.60. The molecule has 0 fully saturated rings. The van der Waals surface area contributed by atoms with Crippen LogP contribution >= 0.6 is 27.5 Å². The van der Waals surface area contributed by atoms with Crippen molar-refractivity contribution in [3.63, 3.8) is 0 Å². The molecule has 2 rings (SSSR count). The molecule has 2 aromatic rings. The molecule has 0 N–H and O–H groups in total. The quantitative estimate of drug-likeness (QED) is 0.788. The number of carbonyl (C=O) groups is 1. The predicted molar refractivity (Wildman–Crippen MR) is 76.1 cm³/mol. The molecule has 0 radical (unpaired) electrons. The van der Waals surface area contributed by atoms with Crippen molar-refractivity contribution in [3.8, 4) is 0 Å². The Morgan fingerprint density at radius 2 is 2.17 bits per heavy atom. The molecule has 1 aromatic heterocycles. The first kappa shape index (κ1) is 13.4. The van der Waals surface area contributed by atoms with E-state index < -0.39 is 0 Å². The van der Waals surface area contributed by atoms with Gasteiger partial charge in [-0.25, -0.2) is 0 Å². The second-order valence-corrected chi connectivity index (χ2v) is 5.60. The molecule has 3 nitrogen and oxygen atoms in total. The first-order chi connectivity index (χ1) is 8.72. The summed E-state index contributed by atoms with van der Waals surface area (Å²) in [5.74, 6) is 0.0975. The fourth-order valence-electron chi connectivity index (χ4n) is 1.72. The minimum atomic E-state index is 0.0975. The van der Waals surface area contributed by atoms with E-state index in [9.17, 15) is 4.79 Å². The number of Topliss-reactive ketones (excluding diaryl/α,β-unsaturated/α-hetero) is 1. The van der Waals surface area contributed by atoms with Crippen molar-refractivity contribution in [2.24, 2.45) is 0 Å². The summed E-state index contributed by atoms with van der Waals surface area (Å²) in [5.41, 5.74) is 1.83. The first-order valence-corrected chi connectivity index (χ1v) is 7.36. The molecule has 0 aliphatic rings. The summed E-state index contributed by atoms with van der Waals surface area (Å²) in [4.78, 5) is 12.9. The van der Waals surface area contributed by atoms with Crippen molar-refractivity contribution >= 4 is 33.2 Å². The molecule has 0 saturated carbocycles. The van der Waals surface area contributed by atoms with Gasteiger partial charge in [0.05, 0.1) is 5.69 Å². The van der Waals surface area contributed by atoms with E-state index in [1.54, 1.807) is 0 Å². The molecule has 0 atom stereocenters. The maximum Gasteiger partial charge on any atom is 0.180 e. The Morgan fingerprint density at radius 3 is 2.89 bits per heavy atom. The Morgan fingerprint density at radius 1 is 1.39 bits per heavy atom. The van der Waals surface area contributed by atoms with Gasteiger partial charge in [0.1, 0.15) is 4.88 Å². The van der Waals surface area contributed by atoms with Crippen LogP contribution in [0.5, 0.6) is 0 Å². The topological polar surface area (TPSA) is 42.9 Å². The lowest BCUT2D eigenvalue weighted by Crippen LogP contribution is -2.05. The zero-order valence-electron chi connectivity index (χ0n) is 10.0. The van der Waals surface area contributed by atoms with Gasteiger partial charge in [-0.05, 0) is 29.6 Å². The summed E-state index contributed by atoms with van der Waals surface area (Å²) < 4.78 is 4.85. The summed E-state index contributed by atoms with van der Waals surface area (Å²) in [7, 11) is 0. The molecule has 5 heteroatoms. The number of ketones is 1. The Balaban J connectivity index is 2.17. The fourth-order valence-corrected chi connectivity index (χ4v) is 2.78. The van der Waals surface area contributed by atoms with Crippen molar-refractivity contribution in [1.82, 2.24) is 9.59 Å². The molecule has 18 heavy (non-hydrogen) atoms. The molecule has 0 unspecified atom stereocenters. The van der Waals surface area contributed by atoms with Gasteiger partial charge < -0.3 is 0 Å². The van der Waals surface area contributed by atoms with Crippen LogP contribution in [0.15, 0.2) is 28.7 Å². The number of aromatic nitrogens is 2. The van der Waals surface area contributed by atoms with E-state index in [-0.39, 0.29) is 5.78 Å². The lowest BCUT2D eigenvalue weighted by atomic mass is 10.1. The second-order valence-electron chi connectivity index (χ2n) is 3.99. The third kappa shape index (κ3) is 3.03. The molecule has 0 aliphatic carbocycles.